The van der Waals surface area contributed by atoms with E-state index in [0.29, 0.717) is 11.0 Å². The van der Waals surface area contributed by atoms with Crippen LogP contribution in [0.2, 0.25) is 0 Å². The van der Waals surface area contributed by atoms with Crippen molar-refractivity contribution in [1.82, 2.24) is 0 Å². The summed E-state index contributed by atoms with van der Waals surface area (Å²) in [6.45, 7) is 0. The first-order valence-corrected chi connectivity index (χ1v) is 5.09. The minimum absolute atomic E-state index is 0.189. The Kier molecular flexibility index (Phi) is 2.54. The van der Waals surface area contributed by atoms with Crippen molar-refractivity contribution in [2.75, 3.05) is 0 Å². The fourth-order valence-corrected chi connectivity index (χ4v) is 1.95. The maximum atomic E-state index is 8.55. The van der Waals surface area contributed by atoms with Crippen molar-refractivity contribution in [2.24, 2.45) is 0 Å². The number of rotatable bonds is 2. The van der Waals surface area contributed by atoms with Gasteiger partial charge in [0.1, 0.15) is 23.1 Å². The molecule has 0 saturated carbocycles. The van der Waals surface area contributed by atoms with Crippen LogP contribution in [-0.4, -0.2) is 0 Å². The zero-order chi connectivity index (χ0) is 10.7. The van der Waals surface area contributed by atoms with Crippen molar-refractivity contribution < 1.29 is 8.83 Å². The van der Waals surface area contributed by atoms with Crippen LogP contribution < -0.4 is 11.0 Å². The van der Waals surface area contributed by atoms with Crippen LogP contribution in [0.25, 0.3) is 0 Å². The lowest BCUT2D eigenvalue weighted by Gasteiger charge is -1.90. The average molecular weight is 216 g/mol. The second kappa shape index (κ2) is 4.00. The second-order valence-corrected chi connectivity index (χ2v) is 3.91. The summed E-state index contributed by atoms with van der Waals surface area (Å²) in [5, 5.41) is 17.1. The van der Waals surface area contributed by atoms with Crippen LogP contribution in [0.5, 0.6) is 0 Å². The zero-order valence-corrected chi connectivity index (χ0v) is 8.52. The van der Waals surface area contributed by atoms with Gasteiger partial charge in [-0.15, -0.1) is 0 Å². The number of hydrogen-bond donors (Lipinski definition) is 0. The normalized spacial score (nSPS) is 9.47. The van der Waals surface area contributed by atoms with E-state index in [1.165, 1.54) is 0 Å². The van der Waals surface area contributed by atoms with E-state index in [4.69, 9.17) is 19.4 Å². The molecule has 0 atom stereocenters. The Bertz CT molecular complexity index is 506. The van der Waals surface area contributed by atoms with Gasteiger partial charge in [-0.25, -0.2) is 0 Å². The van der Waals surface area contributed by atoms with Crippen LogP contribution >= 0.6 is 8.58 Å². The van der Waals surface area contributed by atoms with Gasteiger partial charge in [0.15, 0.2) is 0 Å². The maximum absolute atomic E-state index is 8.55. The van der Waals surface area contributed by atoms with Crippen molar-refractivity contribution in [3.8, 4) is 12.1 Å². The molecule has 15 heavy (non-hydrogen) atoms. The number of hydrogen-bond acceptors (Lipinski definition) is 4. The average Bonchev–Trinajstić information content (AvgIpc) is 2.87. The Balaban J connectivity index is 2.16. The molecule has 0 aliphatic carbocycles. The Hall–Kier alpha value is -2.03. The largest absolute Gasteiger partial charge is 0.446 e. The minimum atomic E-state index is 0.189. The Labute approximate surface area is 87.5 Å². The summed E-state index contributed by atoms with van der Waals surface area (Å²) in [5.74, 6) is 0.564. The van der Waals surface area contributed by atoms with Crippen molar-refractivity contribution >= 4 is 19.6 Å². The Morgan fingerprint density at radius 1 is 0.867 bits per heavy atom. The highest BCUT2D eigenvalue weighted by molar-refractivity contribution is 7.54. The lowest BCUT2D eigenvalue weighted by molar-refractivity contribution is 0.579. The van der Waals surface area contributed by atoms with Crippen LogP contribution in [0.4, 0.5) is 0 Å². The van der Waals surface area contributed by atoms with E-state index in [-0.39, 0.29) is 20.1 Å². The van der Waals surface area contributed by atoms with Crippen LogP contribution in [0.3, 0.4) is 0 Å². The monoisotopic (exact) mass is 216 g/mol. The number of nitriles is 2. The van der Waals surface area contributed by atoms with E-state index >= 15 is 0 Å². The molecule has 0 saturated heterocycles. The van der Waals surface area contributed by atoms with Gasteiger partial charge in [0.05, 0.1) is 0 Å². The van der Waals surface area contributed by atoms with Gasteiger partial charge < -0.3 is 8.83 Å². The van der Waals surface area contributed by atoms with Gasteiger partial charge in [-0.1, -0.05) is 0 Å². The lowest BCUT2D eigenvalue weighted by Crippen LogP contribution is -1.97. The van der Waals surface area contributed by atoms with Gasteiger partial charge in [-0.05, 0) is 24.3 Å². The number of furan rings is 2. The molecular formula is C10H5N2O2P. The minimum Gasteiger partial charge on any atom is -0.446 e. The molecule has 0 bridgehead atoms. The van der Waals surface area contributed by atoms with Gasteiger partial charge >= 0.3 is 0 Å². The molecular weight excluding hydrogens is 211 g/mol. The smallest absolute Gasteiger partial charge is 0.204 e. The van der Waals surface area contributed by atoms with E-state index in [9.17, 15) is 0 Å². The zero-order valence-electron chi connectivity index (χ0n) is 7.52. The molecule has 0 N–H and O–H groups in total. The number of nitrogens with zero attached hydrogens (tertiary/aromatic N) is 2. The molecule has 72 valence electrons. The molecule has 2 aromatic rings. The SMILES string of the molecule is N#Cc1ccc(Pc2ccc(C#N)o2)o1. The third-order valence-electron chi connectivity index (χ3n) is 1.68. The molecule has 0 spiro atoms. The van der Waals surface area contributed by atoms with E-state index in [1.807, 2.05) is 12.1 Å². The molecule has 0 unspecified atom stereocenters. The van der Waals surface area contributed by atoms with E-state index in [0.717, 1.165) is 0 Å². The molecule has 5 heteroatoms. The predicted octanol–water partition coefficient (Wildman–Crippen LogP) is 1.25. The summed E-state index contributed by atoms with van der Waals surface area (Å²) in [7, 11) is 0.189. The van der Waals surface area contributed by atoms with Gasteiger partial charge in [0.2, 0.25) is 11.5 Å². The first-order valence-electron chi connectivity index (χ1n) is 4.09. The fraction of sp³-hybridized carbons (Fsp3) is 0. The molecule has 2 rings (SSSR count). The van der Waals surface area contributed by atoms with Gasteiger partial charge in [0, 0.05) is 8.58 Å². The van der Waals surface area contributed by atoms with Crippen LogP contribution in [0.15, 0.2) is 33.1 Å². The van der Waals surface area contributed by atoms with Crippen LogP contribution in [0.1, 0.15) is 11.5 Å². The molecule has 2 aromatic heterocycles. The molecule has 0 amide bonds. The van der Waals surface area contributed by atoms with Crippen molar-refractivity contribution in [1.29, 1.82) is 10.5 Å². The van der Waals surface area contributed by atoms with Gasteiger partial charge in [0.25, 0.3) is 0 Å². The molecule has 0 aliphatic rings. The quantitative estimate of drug-likeness (QED) is 0.708. The highest BCUT2D eigenvalue weighted by Gasteiger charge is 2.06. The van der Waals surface area contributed by atoms with Gasteiger partial charge in [-0.3, -0.25) is 0 Å². The lowest BCUT2D eigenvalue weighted by atomic mass is 10.5. The molecule has 0 radical (unpaired) electrons. The highest BCUT2D eigenvalue weighted by Crippen LogP contribution is 2.14. The summed E-state index contributed by atoms with van der Waals surface area (Å²) < 4.78 is 10.4. The fourth-order valence-electron chi connectivity index (χ4n) is 1.05. The van der Waals surface area contributed by atoms with Crippen molar-refractivity contribution in [2.45, 2.75) is 0 Å². The van der Waals surface area contributed by atoms with E-state index in [1.54, 1.807) is 24.3 Å². The summed E-state index contributed by atoms with van der Waals surface area (Å²) in [5.41, 5.74) is 1.34. The van der Waals surface area contributed by atoms with Crippen LogP contribution in [0, 0.1) is 22.7 Å². The van der Waals surface area contributed by atoms with Gasteiger partial charge in [-0.2, -0.15) is 10.5 Å². The topological polar surface area (TPSA) is 73.9 Å². The Morgan fingerprint density at radius 3 is 1.67 bits per heavy atom. The molecule has 0 aromatic carbocycles. The van der Waals surface area contributed by atoms with Crippen molar-refractivity contribution in [3.63, 3.8) is 0 Å². The summed E-state index contributed by atoms with van der Waals surface area (Å²) in [4.78, 5) is 0. The first-order chi connectivity index (χ1) is 7.31. The maximum Gasteiger partial charge on any atom is 0.204 e. The van der Waals surface area contributed by atoms with Crippen molar-refractivity contribution in [3.05, 3.63) is 35.8 Å². The summed E-state index contributed by atoms with van der Waals surface area (Å²) in [6, 6.07) is 10.5. The summed E-state index contributed by atoms with van der Waals surface area (Å²) in [6.07, 6.45) is 0. The predicted molar refractivity (Wildman–Crippen MR) is 54.4 cm³/mol. The van der Waals surface area contributed by atoms with E-state index in [2.05, 4.69) is 0 Å². The Morgan fingerprint density at radius 2 is 1.33 bits per heavy atom. The third-order valence-corrected chi connectivity index (χ3v) is 2.71. The van der Waals surface area contributed by atoms with Crippen LogP contribution in [-0.2, 0) is 0 Å². The third kappa shape index (κ3) is 2.07. The standard InChI is InChI=1S/C10H5N2O2P/c11-5-7-1-3-9(13-7)15-10-4-2-8(6-12)14-10/h1-4,15H. The first kappa shape index (κ1) is 9.52. The second-order valence-electron chi connectivity index (χ2n) is 2.68. The molecule has 2 heterocycles. The molecule has 4 nitrogen and oxygen atoms in total. The molecule has 0 fully saturated rings. The highest BCUT2D eigenvalue weighted by atomic mass is 31.1. The molecule has 0 aliphatic heterocycles. The van der Waals surface area contributed by atoms with E-state index < -0.39 is 0 Å². The summed E-state index contributed by atoms with van der Waals surface area (Å²) >= 11 is 0.